The molecule has 0 aromatic heterocycles. The fourth-order valence-corrected chi connectivity index (χ4v) is 3.21. The molecule has 0 aromatic rings. The maximum absolute atomic E-state index is 9.85. The molecule has 88 valence electrons. The van der Waals surface area contributed by atoms with Crippen LogP contribution in [-0.2, 0) is 0 Å². The van der Waals surface area contributed by atoms with E-state index in [2.05, 4.69) is 18.7 Å². The predicted molar refractivity (Wildman–Crippen MR) is 62.8 cm³/mol. The fraction of sp³-hybridized carbons (Fsp3) is 1.00. The van der Waals surface area contributed by atoms with Gasteiger partial charge < -0.3 is 10.0 Å². The van der Waals surface area contributed by atoms with Crippen LogP contribution in [-0.4, -0.2) is 35.2 Å². The molecule has 0 bridgehead atoms. The number of hydrogen-bond acceptors (Lipinski definition) is 2. The van der Waals surface area contributed by atoms with Crippen LogP contribution < -0.4 is 0 Å². The zero-order valence-corrected chi connectivity index (χ0v) is 10.2. The number of piperidine rings is 1. The third kappa shape index (κ3) is 2.54. The first kappa shape index (κ1) is 11.4. The van der Waals surface area contributed by atoms with Crippen LogP contribution in [0.5, 0.6) is 0 Å². The van der Waals surface area contributed by atoms with E-state index in [0.717, 1.165) is 18.9 Å². The molecular weight excluding hydrogens is 186 g/mol. The molecule has 2 heteroatoms. The highest BCUT2D eigenvalue weighted by Crippen LogP contribution is 2.30. The van der Waals surface area contributed by atoms with Gasteiger partial charge in [0.15, 0.2) is 0 Å². The summed E-state index contributed by atoms with van der Waals surface area (Å²) in [5.41, 5.74) is 0. The Labute approximate surface area is 93.7 Å². The first-order valence-corrected chi connectivity index (χ1v) is 6.60. The quantitative estimate of drug-likeness (QED) is 0.757. The molecule has 1 aliphatic carbocycles. The van der Waals surface area contributed by atoms with Crippen molar-refractivity contribution in [2.45, 2.75) is 58.1 Å². The highest BCUT2D eigenvalue weighted by atomic mass is 16.3. The Morgan fingerprint density at radius 1 is 1.13 bits per heavy atom. The SMILES string of the molecule is CC1CCCN(CC2CCCC2O)C1C. The van der Waals surface area contributed by atoms with E-state index < -0.39 is 0 Å². The van der Waals surface area contributed by atoms with Crippen molar-refractivity contribution in [3.8, 4) is 0 Å². The Bertz CT molecular complexity index is 207. The van der Waals surface area contributed by atoms with Crippen molar-refractivity contribution in [2.24, 2.45) is 11.8 Å². The van der Waals surface area contributed by atoms with Crippen molar-refractivity contribution in [1.82, 2.24) is 4.90 Å². The van der Waals surface area contributed by atoms with Crippen LogP contribution in [0.4, 0.5) is 0 Å². The maximum Gasteiger partial charge on any atom is 0.0580 e. The van der Waals surface area contributed by atoms with Gasteiger partial charge in [-0.2, -0.15) is 0 Å². The van der Waals surface area contributed by atoms with Crippen molar-refractivity contribution in [3.05, 3.63) is 0 Å². The zero-order valence-electron chi connectivity index (χ0n) is 10.2. The van der Waals surface area contributed by atoms with E-state index in [0.29, 0.717) is 12.0 Å². The van der Waals surface area contributed by atoms with Gasteiger partial charge in [0.1, 0.15) is 0 Å². The average molecular weight is 211 g/mol. The van der Waals surface area contributed by atoms with Gasteiger partial charge in [0, 0.05) is 12.6 Å². The molecule has 15 heavy (non-hydrogen) atoms. The summed E-state index contributed by atoms with van der Waals surface area (Å²) in [6.45, 7) is 7.09. The summed E-state index contributed by atoms with van der Waals surface area (Å²) in [4.78, 5) is 2.60. The lowest BCUT2D eigenvalue weighted by molar-refractivity contribution is 0.0559. The summed E-state index contributed by atoms with van der Waals surface area (Å²) in [5, 5.41) is 9.85. The molecule has 1 N–H and O–H groups in total. The van der Waals surface area contributed by atoms with Crippen LogP contribution in [0.25, 0.3) is 0 Å². The molecule has 4 unspecified atom stereocenters. The van der Waals surface area contributed by atoms with Gasteiger partial charge in [-0.05, 0) is 51.0 Å². The van der Waals surface area contributed by atoms with Gasteiger partial charge in [0.2, 0.25) is 0 Å². The van der Waals surface area contributed by atoms with Gasteiger partial charge >= 0.3 is 0 Å². The van der Waals surface area contributed by atoms with E-state index in [-0.39, 0.29) is 6.10 Å². The normalized spacial score (nSPS) is 43.4. The Morgan fingerprint density at radius 3 is 2.60 bits per heavy atom. The molecule has 1 aliphatic heterocycles. The molecule has 0 aromatic carbocycles. The topological polar surface area (TPSA) is 23.5 Å². The predicted octanol–water partition coefficient (Wildman–Crippen LogP) is 2.27. The monoisotopic (exact) mass is 211 g/mol. The minimum atomic E-state index is -0.0190. The molecule has 0 amide bonds. The molecule has 2 fully saturated rings. The third-order valence-electron chi connectivity index (χ3n) is 4.59. The first-order valence-electron chi connectivity index (χ1n) is 6.60. The van der Waals surface area contributed by atoms with Gasteiger partial charge in [-0.15, -0.1) is 0 Å². The molecule has 2 rings (SSSR count). The smallest absolute Gasteiger partial charge is 0.0580 e. The van der Waals surface area contributed by atoms with Crippen LogP contribution in [0.3, 0.4) is 0 Å². The van der Waals surface area contributed by atoms with Gasteiger partial charge in [0.25, 0.3) is 0 Å². The lowest BCUT2D eigenvalue weighted by Crippen LogP contribution is -2.45. The van der Waals surface area contributed by atoms with Crippen molar-refractivity contribution in [2.75, 3.05) is 13.1 Å². The van der Waals surface area contributed by atoms with E-state index in [4.69, 9.17) is 0 Å². The molecular formula is C13H25NO. The van der Waals surface area contributed by atoms with Crippen molar-refractivity contribution in [1.29, 1.82) is 0 Å². The number of nitrogens with zero attached hydrogens (tertiary/aromatic N) is 1. The molecule has 4 atom stereocenters. The standard InChI is InChI=1S/C13H25NO/c1-10-5-4-8-14(11(10)2)9-12-6-3-7-13(12)15/h10-13,15H,3-9H2,1-2H3. The van der Waals surface area contributed by atoms with Crippen LogP contribution in [0.1, 0.15) is 46.0 Å². The molecule has 0 radical (unpaired) electrons. The summed E-state index contributed by atoms with van der Waals surface area (Å²) >= 11 is 0. The van der Waals surface area contributed by atoms with E-state index in [9.17, 15) is 5.11 Å². The molecule has 1 saturated carbocycles. The average Bonchev–Trinajstić information content (AvgIpc) is 2.60. The molecule has 1 heterocycles. The lowest BCUT2D eigenvalue weighted by Gasteiger charge is -2.39. The van der Waals surface area contributed by atoms with Crippen molar-refractivity contribution < 1.29 is 5.11 Å². The van der Waals surface area contributed by atoms with E-state index >= 15 is 0 Å². The highest BCUT2D eigenvalue weighted by Gasteiger charge is 2.31. The first-order chi connectivity index (χ1) is 7.18. The number of hydrogen-bond donors (Lipinski definition) is 1. The van der Waals surface area contributed by atoms with Crippen molar-refractivity contribution in [3.63, 3.8) is 0 Å². The Balaban J connectivity index is 1.87. The molecule has 1 saturated heterocycles. The minimum absolute atomic E-state index is 0.0190. The largest absolute Gasteiger partial charge is 0.393 e. The Hall–Kier alpha value is -0.0800. The lowest BCUT2D eigenvalue weighted by atomic mass is 9.90. The Kier molecular flexibility index (Phi) is 3.68. The summed E-state index contributed by atoms with van der Waals surface area (Å²) in [6, 6.07) is 0.714. The van der Waals surface area contributed by atoms with E-state index in [1.807, 2.05) is 0 Å². The molecule has 0 spiro atoms. The Morgan fingerprint density at radius 2 is 1.93 bits per heavy atom. The summed E-state index contributed by atoms with van der Waals surface area (Å²) < 4.78 is 0. The van der Waals surface area contributed by atoms with Crippen LogP contribution in [0, 0.1) is 11.8 Å². The number of aliphatic hydroxyl groups is 1. The third-order valence-corrected chi connectivity index (χ3v) is 4.59. The number of aliphatic hydroxyl groups excluding tert-OH is 1. The second kappa shape index (κ2) is 4.84. The van der Waals surface area contributed by atoms with Gasteiger partial charge in [0.05, 0.1) is 6.10 Å². The number of rotatable bonds is 2. The molecule has 2 nitrogen and oxygen atoms in total. The van der Waals surface area contributed by atoms with Crippen LogP contribution in [0.2, 0.25) is 0 Å². The summed E-state index contributed by atoms with van der Waals surface area (Å²) in [7, 11) is 0. The highest BCUT2D eigenvalue weighted by molar-refractivity contribution is 4.84. The minimum Gasteiger partial charge on any atom is -0.393 e. The van der Waals surface area contributed by atoms with Gasteiger partial charge in [-0.3, -0.25) is 0 Å². The summed E-state index contributed by atoms with van der Waals surface area (Å²) in [5.74, 6) is 1.38. The van der Waals surface area contributed by atoms with Crippen LogP contribution >= 0.6 is 0 Å². The second-order valence-electron chi connectivity index (χ2n) is 5.61. The van der Waals surface area contributed by atoms with Crippen LogP contribution in [0.15, 0.2) is 0 Å². The van der Waals surface area contributed by atoms with E-state index in [1.54, 1.807) is 0 Å². The van der Waals surface area contributed by atoms with Gasteiger partial charge in [-0.1, -0.05) is 13.3 Å². The van der Waals surface area contributed by atoms with E-state index in [1.165, 1.54) is 32.2 Å². The van der Waals surface area contributed by atoms with Crippen molar-refractivity contribution >= 4 is 0 Å². The summed E-state index contributed by atoms with van der Waals surface area (Å²) in [6.07, 6.45) is 6.19. The maximum atomic E-state index is 9.85. The molecule has 2 aliphatic rings. The zero-order chi connectivity index (χ0) is 10.8. The number of likely N-dealkylation sites (tertiary alicyclic amines) is 1. The van der Waals surface area contributed by atoms with Gasteiger partial charge in [-0.25, -0.2) is 0 Å². The fourth-order valence-electron chi connectivity index (χ4n) is 3.21. The second-order valence-corrected chi connectivity index (χ2v) is 5.61.